The fraction of sp³-hybridized carbons (Fsp3) is 0.333. The Balaban J connectivity index is 2.13. The smallest absolute Gasteiger partial charge is 0.232 e. The molecule has 112 valence electrons. The average Bonchev–Trinajstić information content (AvgIpc) is 2.52. The topological polar surface area (TPSA) is 50.3 Å². The monoisotopic (exact) mass is 350 g/mol. The van der Waals surface area contributed by atoms with Gasteiger partial charge < -0.3 is 15.0 Å². The van der Waals surface area contributed by atoms with Gasteiger partial charge in [0.05, 0.1) is 17.8 Å². The van der Waals surface area contributed by atoms with Crippen molar-refractivity contribution in [2.75, 3.05) is 30.4 Å². The van der Waals surface area contributed by atoms with Crippen LogP contribution in [-0.2, 0) is 0 Å². The molecule has 0 fully saturated rings. The maximum absolute atomic E-state index is 5.16. The number of aromatic nitrogens is 2. The van der Waals surface area contributed by atoms with E-state index in [0.29, 0.717) is 11.8 Å². The van der Waals surface area contributed by atoms with Gasteiger partial charge in [0.1, 0.15) is 0 Å². The van der Waals surface area contributed by atoms with Crippen LogP contribution in [0.3, 0.4) is 0 Å². The Kier molecular flexibility index (Phi) is 5.38. The van der Waals surface area contributed by atoms with E-state index in [1.54, 1.807) is 13.3 Å². The normalized spacial score (nSPS) is 10.3. The Labute approximate surface area is 133 Å². The minimum absolute atomic E-state index is 0.505. The third-order valence-electron chi connectivity index (χ3n) is 3.16. The molecule has 0 saturated heterocycles. The van der Waals surface area contributed by atoms with Crippen molar-refractivity contribution >= 4 is 33.3 Å². The molecule has 0 radical (unpaired) electrons. The quantitative estimate of drug-likeness (QED) is 0.857. The zero-order valence-corrected chi connectivity index (χ0v) is 14.0. The minimum Gasteiger partial charge on any atom is -0.480 e. The molecule has 0 bridgehead atoms. The van der Waals surface area contributed by atoms with Gasteiger partial charge in [0, 0.05) is 24.5 Å². The zero-order valence-electron chi connectivity index (χ0n) is 12.4. The maximum Gasteiger partial charge on any atom is 0.232 e. The first kappa shape index (κ1) is 15.6. The molecule has 1 aromatic carbocycles. The molecule has 2 aromatic rings. The molecular formula is C15H19BrN4O. The molecular weight excluding hydrogens is 332 g/mol. The number of hydrogen-bond acceptors (Lipinski definition) is 5. The second-order valence-electron chi connectivity index (χ2n) is 4.39. The molecule has 21 heavy (non-hydrogen) atoms. The van der Waals surface area contributed by atoms with Crippen molar-refractivity contribution in [2.45, 2.75) is 13.8 Å². The molecule has 0 saturated carbocycles. The van der Waals surface area contributed by atoms with Crippen LogP contribution in [0.1, 0.15) is 13.8 Å². The predicted octanol–water partition coefficient (Wildman–Crippen LogP) is 3.84. The van der Waals surface area contributed by atoms with Gasteiger partial charge in [-0.3, -0.25) is 0 Å². The van der Waals surface area contributed by atoms with Gasteiger partial charge in [0.15, 0.2) is 0 Å². The van der Waals surface area contributed by atoms with E-state index in [2.05, 4.69) is 62.1 Å². The third kappa shape index (κ3) is 3.85. The van der Waals surface area contributed by atoms with Crippen LogP contribution in [0.2, 0.25) is 0 Å². The van der Waals surface area contributed by atoms with Gasteiger partial charge in [-0.2, -0.15) is 4.98 Å². The van der Waals surface area contributed by atoms with E-state index in [-0.39, 0.29) is 0 Å². The molecule has 6 heteroatoms. The van der Waals surface area contributed by atoms with Crippen molar-refractivity contribution in [3.63, 3.8) is 0 Å². The number of methoxy groups -OCH3 is 1. The van der Waals surface area contributed by atoms with Crippen molar-refractivity contribution in [3.8, 4) is 5.88 Å². The lowest BCUT2D eigenvalue weighted by atomic mass is 10.2. The van der Waals surface area contributed by atoms with Crippen molar-refractivity contribution < 1.29 is 4.74 Å². The molecule has 0 aliphatic carbocycles. The highest BCUT2D eigenvalue weighted by molar-refractivity contribution is 9.10. The molecule has 1 aromatic heterocycles. The Morgan fingerprint density at radius 2 is 1.86 bits per heavy atom. The van der Waals surface area contributed by atoms with Crippen molar-refractivity contribution in [1.29, 1.82) is 0 Å². The SMILES string of the molecule is CCN(CC)c1ccc(Nc2ncc(Br)c(OC)n2)cc1. The standard InChI is InChI=1S/C15H19BrN4O/c1-4-20(5-2)12-8-6-11(7-9-12)18-15-17-10-13(16)14(19-15)21-3/h6-10H,4-5H2,1-3H3,(H,17,18,19). The molecule has 2 rings (SSSR count). The summed E-state index contributed by atoms with van der Waals surface area (Å²) in [5, 5.41) is 3.17. The Hall–Kier alpha value is -1.82. The number of anilines is 3. The van der Waals surface area contributed by atoms with E-state index in [9.17, 15) is 0 Å². The molecule has 0 aliphatic heterocycles. The van der Waals surface area contributed by atoms with E-state index < -0.39 is 0 Å². The van der Waals surface area contributed by atoms with Crippen molar-refractivity contribution in [3.05, 3.63) is 34.9 Å². The maximum atomic E-state index is 5.16. The summed E-state index contributed by atoms with van der Waals surface area (Å²) in [6, 6.07) is 8.22. The van der Waals surface area contributed by atoms with Gasteiger partial charge in [-0.1, -0.05) is 0 Å². The van der Waals surface area contributed by atoms with Crippen molar-refractivity contribution in [1.82, 2.24) is 9.97 Å². The number of rotatable bonds is 6. The summed E-state index contributed by atoms with van der Waals surface area (Å²) in [5.74, 6) is 1.01. The molecule has 5 nitrogen and oxygen atoms in total. The first-order chi connectivity index (χ1) is 10.2. The van der Waals surface area contributed by atoms with Crippen LogP contribution in [-0.4, -0.2) is 30.2 Å². The summed E-state index contributed by atoms with van der Waals surface area (Å²) in [6.07, 6.45) is 1.67. The lowest BCUT2D eigenvalue weighted by Gasteiger charge is -2.21. The lowest BCUT2D eigenvalue weighted by Crippen LogP contribution is -2.21. The molecule has 0 atom stereocenters. The van der Waals surface area contributed by atoms with E-state index in [1.165, 1.54) is 5.69 Å². The van der Waals surface area contributed by atoms with E-state index in [4.69, 9.17) is 4.74 Å². The van der Waals surface area contributed by atoms with Gasteiger partial charge in [0.25, 0.3) is 0 Å². The summed E-state index contributed by atoms with van der Waals surface area (Å²) in [4.78, 5) is 10.8. The van der Waals surface area contributed by atoms with Crippen LogP contribution in [0, 0.1) is 0 Å². The second-order valence-corrected chi connectivity index (χ2v) is 5.25. The Bertz CT molecular complexity index is 585. The van der Waals surface area contributed by atoms with Gasteiger partial charge in [-0.05, 0) is 54.0 Å². The van der Waals surface area contributed by atoms with Crippen LogP contribution >= 0.6 is 15.9 Å². The third-order valence-corrected chi connectivity index (χ3v) is 3.70. The number of nitrogens with zero attached hydrogens (tertiary/aromatic N) is 3. The van der Waals surface area contributed by atoms with Crippen molar-refractivity contribution in [2.24, 2.45) is 0 Å². The summed E-state index contributed by atoms with van der Waals surface area (Å²) in [7, 11) is 1.58. The van der Waals surface area contributed by atoms with Crippen LogP contribution in [0.4, 0.5) is 17.3 Å². The molecule has 0 unspecified atom stereocenters. The fourth-order valence-corrected chi connectivity index (χ4v) is 2.38. The Morgan fingerprint density at radius 3 is 2.43 bits per heavy atom. The van der Waals surface area contributed by atoms with Crippen LogP contribution < -0.4 is 15.0 Å². The van der Waals surface area contributed by atoms with Gasteiger partial charge in [-0.25, -0.2) is 4.98 Å². The van der Waals surface area contributed by atoms with E-state index in [0.717, 1.165) is 23.2 Å². The highest BCUT2D eigenvalue weighted by Crippen LogP contribution is 2.24. The number of halogens is 1. The Morgan fingerprint density at radius 1 is 1.19 bits per heavy atom. The molecule has 0 amide bonds. The van der Waals surface area contributed by atoms with E-state index >= 15 is 0 Å². The van der Waals surface area contributed by atoms with Gasteiger partial charge >= 0.3 is 0 Å². The molecule has 1 heterocycles. The van der Waals surface area contributed by atoms with Crippen LogP contribution in [0.5, 0.6) is 5.88 Å². The van der Waals surface area contributed by atoms with E-state index in [1.807, 2.05) is 12.1 Å². The first-order valence-corrected chi connectivity index (χ1v) is 7.65. The summed E-state index contributed by atoms with van der Waals surface area (Å²) in [6.45, 7) is 6.29. The average molecular weight is 351 g/mol. The summed E-state index contributed by atoms with van der Waals surface area (Å²) < 4.78 is 5.89. The number of nitrogens with one attached hydrogen (secondary N) is 1. The largest absolute Gasteiger partial charge is 0.480 e. The number of ether oxygens (including phenoxy) is 1. The number of hydrogen-bond donors (Lipinski definition) is 1. The number of benzene rings is 1. The van der Waals surface area contributed by atoms with Gasteiger partial charge in [-0.15, -0.1) is 0 Å². The molecule has 1 N–H and O–H groups in total. The highest BCUT2D eigenvalue weighted by atomic mass is 79.9. The first-order valence-electron chi connectivity index (χ1n) is 6.86. The molecule has 0 aliphatic rings. The lowest BCUT2D eigenvalue weighted by molar-refractivity contribution is 0.394. The zero-order chi connectivity index (χ0) is 15.2. The predicted molar refractivity (Wildman–Crippen MR) is 89.6 cm³/mol. The summed E-state index contributed by atoms with van der Waals surface area (Å²) >= 11 is 3.33. The fourth-order valence-electron chi connectivity index (χ4n) is 2.03. The highest BCUT2D eigenvalue weighted by Gasteiger charge is 2.06. The second kappa shape index (κ2) is 7.26. The minimum atomic E-state index is 0.505. The van der Waals surface area contributed by atoms with Gasteiger partial charge in [0.2, 0.25) is 11.8 Å². The summed E-state index contributed by atoms with van der Waals surface area (Å²) in [5.41, 5.74) is 2.15. The molecule has 0 spiro atoms. The van der Waals surface area contributed by atoms with Crippen LogP contribution in [0.15, 0.2) is 34.9 Å². The van der Waals surface area contributed by atoms with Crippen LogP contribution in [0.25, 0.3) is 0 Å².